The number of anilines is 1. The fraction of sp³-hybridized carbons (Fsp3) is 0.667. The van der Waals surface area contributed by atoms with Crippen molar-refractivity contribution in [2.24, 2.45) is 0 Å². The Bertz CT molecular complexity index is 1390. The van der Waals surface area contributed by atoms with Crippen LogP contribution in [0.5, 0.6) is 0 Å². The highest BCUT2D eigenvalue weighted by molar-refractivity contribution is 8.03. The van der Waals surface area contributed by atoms with Gasteiger partial charge in [-0.1, -0.05) is 133 Å². The number of allylic oxidation sites excluding steroid dienone is 3. The quantitative estimate of drug-likeness (QED) is 0.0414. The van der Waals surface area contributed by atoms with Gasteiger partial charge in [-0.25, -0.2) is 0 Å². The number of amides is 3. The number of nitrogens with one attached hydrogen (secondary N) is 3. The number of carbonyl (C=O) groups excluding carboxylic acids is 3. The zero-order chi connectivity index (χ0) is 40.3. The Morgan fingerprint density at radius 3 is 2.07 bits per heavy atom. The van der Waals surface area contributed by atoms with Crippen LogP contribution in [0.1, 0.15) is 150 Å². The van der Waals surface area contributed by atoms with Crippen LogP contribution in [0.15, 0.2) is 42.5 Å². The number of benzene rings is 1. The number of hydrogen-bond donors (Lipinski definition) is 4. The normalized spacial score (nSPS) is 19.8. The molecule has 1 aromatic rings. The van der Waals surface area contributed by atoms with Crippen molar-refractivity contribution >= 4 is 58.4 Å². The summed E-state index contributed by atoms with van der Waals surface area (Å²) in [7, 11) is 0. The molecule has 0 saturated carbocycles. The maximum Gasteiger partial charge on any atom is 0.376 e. The molecule has 1 fully saturated rings. The van der Waals surface area contributed by atoms with Crippen LogP contribution in [-0.2, 0) is 19.1 Å². The van der Waals surface area contributed by atoms with E-state index in [-0.39, 0.29) is 53.8 Å². The van der Waals surface area contributed by atoms with Gasteiger partial charge in [0.05, 0.1) is 33.3 Å². The first-order chi connectivity index (χ1) is 26.5. The lowest BCUT2D eigenvalue weighted by Crippen LogP contribution is -2.71. The zero-order valence-electron chi connectivity index (χ0n) is 33.8. The highest BCUT2D eigenvalue weighted by Gasteiger charge is 2.74. The molecule has 0 bridgehead atoms. The van der Waals surface area contributed by atoms with Crippen LogP contribution in [0, 0.1) is 5.25 Å². The van der Waals surface area contributed by atoms with Gasteiger partial charge in [-0.05, 0) is 68.3 Å². The van der Waals surface area contributed by atoms with Gasteiger partial charge in [-0.3, -0.25) is 35.5 Å². The molecule has 10 nitrogen and oxygen atoms in total. The van der Waals surface area contributed by atoms with E-state index in [9.17, 15) is 19.6 Å². The average molecular weight is 824 g/mol. The van der Waals surface area contributed by atoms with Crippen LogP contribution in [0.4, 0.5) is 5.69 Å². The Balaban J connectivity index is 2.30. The summed E-state index contributed by atoms with van der Waals surface area (Å²) < 4.78 is 5.97. The predicted molar refractivity (Wildman–Crippen MR) is 227 cm³/mol. The van der Waals surface area contributed by atoms with Crippen LogP contribution >= 0.6 is 35.0 Å². The van der Waals surface area contributed by atoms with Crippen molar-refractivity contribution in [1.29, 1.82) is 0 Å². The summed E-state index contributed by atoms with van der Waals surface area (Å²) in [6.07, 6.45) is 20.4. The topological polar surface area (TPSA) is 123 Å². The number of halogens is 2. The minimum atomic E-state index is -1.88. The number of unbranched alkanes of at least 4 members (excludes halogenated alkanes) is 7. The first kappa shape index (κ1) is 47.0. The second-order valence-corrected chi connectivity index (χ2v) is 17.0. The first-order valence-electron chi connectivity index (χ1n) is 20.7. The Labute approximate surface area is 344 Å². The maximum atomic E-state index is 14.1. The number of hydrogen-bond acceptors (Lipinski definition) is 8. The van der Waals surface area contributed by atoms with E-state index in [1.807, 2.05) is 32.9 Å². The molecule has 3 amide bonds. The molecule has 3 rings (SSSR count). The van der Waals surface area contributed by atoms with Crippen LogP contribution < -0.4 is 21.0 Å². The molecule has 4 N–H and O–H groups in total. The fourth-order valence-corrected chi connectivity index (χ4v) is 8.85. The van der Waals surface area contributed by atoms with Gasteiger partial charge in [-0.15, -0.1) is 0 Å². The number of carbonyl (C=O) groups is 3. The monoisotopic (exact) mass is 822 g/mol. The van der Waals surface area contributed by atoms with Crippen molar-refractivity contribution in [2.75, 3.05) is 11.6 Å². The second-order valence-electron chi connectivity index (χ2n) is 14.7. The summed E-state index contributed by atoms with van der Waals surface area (Å²) in [6, 6.07) is 4.81. The van der Waals surface area contributed by atoms with Gasteiger partial charge in [0.2, 0.25) is 17.7 Å². The highest BCUT2D eigenvalue weighted by Crippen LogP contribution is 2.54. The van der Waals surface area contributed by atoms with Crippen molar-refractivity contribution in [1.82, 2.24) is 21.1 Å². The van der Waals surface area contributed by atoms with Crippen LogP contribution in [0.2, 0.25) is 10.0 Å². The summed E-state index contributed by atoms with van der Waals surface area (Å²) in [5.41, 5.74) is 0.233. The Hall–Kier alpha value is -2.41. The van der Waals surface area contributed by atoms with Crippen molar-refractivity contribution in [3.63, 3.8) is 0 Å². The van der Waals surface area contributed by atoms with E-state index < -0.39 is 16.7 Å². The molecule has 3 atom stereocenters. The van der Waals surface area contributed by atoms with E-state index in [1.54, 1.807) is 18.2 Å². The minimum Gasteiger partial charge on any atom is -0.378 e. The van der Waals surface area contributed by atoms with Crippen molar-refractivity contribution < 1.29 is 24.3 Å². The standard InChI is InChI=1S/C42H65Cl2N5O5S/c1-6-11-16-18-21-33(54-29-15-10-5)31-41(27-19-17-20-28-41)55-39-40(45-36(50)22-12-7-2)49(53)48(35-30-32(43)25-26-34(35)44)42(39,46-37(51)23-13-8-3)47-38(52)24-14-9-4/h17,19-20,25-27,30,33,40,53H,6-16,18,21-24,28-29,31H2,1-5H3,(H2-,45,46,47,50,51,52)/p+1/t33-,40+,41-/m1/s1. The third-order valence-electron chi connectivity index (χ3n) is 9.93. The Kier molecular flexibility index (Phi) is 20.8. The Morgan fingerprint density at radius 1 is 0.873 bits per heavy atom. The lowest BCUT2D eigenvalue weighted by molar-refractivity contribution is -0.144. The molecular weight excluding hydrogens is 757 g/mol. The molecule has 1 saturated heterocycles. The average Bonchev–Trinajstić information content (AvgIpc) is 3.36. The SMILES string of the molecule is CCCCCC[C@H](C[C@@]1(S[C+]2[C@@H](NC(=O)CCCC)N(O)N(c3cc(Cl)ccc3Cl)C2(NC(=O)CCCC)NC(=O)CCCC)C=CC=CC1)OCCCC. The highest BCUT2D eigenvalue weighted by atomic mass is 35.5. The lowest BCUT2D eigenvalue weighted by Gasteiger charge is -2.38. The van der Waals surface area contributed by atoms with Crippen molar-refractivity contribution in [3.05, 3.63) is 57.8 Å². The van der Waals surface area contributed by atoms with Gasteiger partial charge in [0, 0.05) is 30.9 Å². The van der Waals surface area contributed by atoms with E-state index in [0.717, 1.165) is 69.4 Å². The number of hydroxylamine groups is 1. The van der Waals surface area contributed by atoms with E-state index in [0.29, 0.717) is 49.0 Å². The van der Waals surface area contributed by atoms with Crippen LogP contribution in [0.3, 0.4) is 0 Å². The largest absolute Gasteiger partial charge is 0.378 e. The predicted octanol–water partition coefficient (Wildman–Crippen LogP) is 10.4. The smallest absolute Gasteiger partial charge is 0.376 e. The third-order valence-corrected chi connectivity index (χ3v) is 12.1. The van der Waals surface area contributed by atoms with E-state index >= 15 is 0 Å². The molecule has 0 spiro atoms. The van der Waals surface area contributed by atoms with Gasteiger partial charge in [-0.2, -0.15) is 5.01 Å². The molecule has 0 aromatic heterocycles. The number of hydrazine groups is 1. The van der Waals surface area contributed by atoms with Gasteiger partial charge in [0.15, 0.2) is 0 Å². The zero-order valence-corrected chi connectivity index (χ0v) is 36.1. The van der Waals surface area contributed by atoms with Gasteiger partial charge in [0.25, 0.3) is 11.4 Å². The summed E-state index contributed by atoms with van der Waals surface area (Å²) in [6.45, 7) is 11.0. The summed E-state index contributed by atoms with van der Waals surface area (Å²) in [5.74, 6) is -2.84. The lowest BCUT2D eigenvalue weighted by atomic mass is 9.91. The van der Waals surface area contributed by atoms with Crippen LogP contribution in [-0.4, -0.2) is 57.5 Å². The summed E-state index contributed by atoms with van der Waals surface area (Å²) in [4.78, 5) is 41.8. The van der Waals surface area contributed by atoms with Crippen molar-refractivity contribution in [2.45, 2.75) is 173 Å². The van der Waals surface area contributed by atoms with Crippen molar-refractivity contribution in [3.8, 4) is 0 Å². The third kappa shape index (κ3) is 13.9. The van der Waals surface area contributed by atoms with E-state index in [4.69, 9.17) is 27.9 Å². The molecule has 2 aliphatic rings. The number of nitrogens with zero attached hydrogens (tertiary/aromatic N) is 2. The van der Waals surface area contributed by atoms with E-state index in [1.165, 1.54) is 16.8 Å². The maximum absolute atomic E-state index is 14.1. The van der Waals surface area contributed by atoms with Gasteiger partial charge in [0.1, 0.15) is 0 Å². The molecular formula is C42H66Cl2N5O5S+. The van der Waals surface area contributed by atoms with E-state index in [2.05, 4.69) is 41.9 Å². The van der Waals surface area contributed by atoms with Gasteiger partial charge < -0.3 is 4.74 Å². The second kappa shape index (κ2) is 24.4. The number of thioether (sulfide) groups is 1. The summed E-state index contributed by atoms with van der Waals surface area (Å²) in [5, 5.41) is 25.1. The molecule has 1 aliphatic carbocycles. The molecule has 1 aliphatic heterocycles. The molecule has 1 heterocycles. The molecule has 308 valence electrons. The molecule has 13 heteroatoms. The summed E-state index contributed by atoms with van der Waals surface area (Å²) >= 11 is 14.9. The molecule has 55 heavy (non-hydrogen) atoms. The minimum absolute atomic E-state index is 0.0666. The molecule has 0 unspecified atom stereocenters. The Morgan fingerprint density at radius 2 is 1.49 bits per heavy atom. The molecule has 0 radical (unpaired) electrons. The van der Waals surface area contributed by atoms with Crippen LogP contribution in [0.25, 0.3) is 0 Å². The first-order valence-corrected chi connectivity index (χ1v) is 22.2. The van der Waals surface area contributed by atoms with Gasteiger partial charge >= 0.3 is 5.79 Å². The number of ether oxygens (including phenoxy) is 1. The number of rotatable bonds is 26. The fourth-order valence-electron chi connectivity index (χ4n) is 6.85. The molecule has 1 aromatic carbocycles.